The molecule has 0 aliphatic rings. The number of rotatable bonds is 5. The lowest BCUT2D eigenvalue weighted by molar-refractivity contribution is -0.139. The number of hydrogen-bond donors (Lipinski definition) is 0. The van der Waals surface area contributed by atoms with Crippen LogP contribution in [0.2, 0.25) is 0 Å². The number of hydrogen-bond acceptors (Lipinski definition) is 3. The van der Waals surface area contributed by atoms with Crippen molar-refractivity contribution >= 4 is 27.5 Å². The maximum atomic E-state index is 12.8. The first-order chi connectivity index (χ1) is 12.3. The van der Waals surface area contributed by atoms with Crippen molar-refractivity contribution in [2.75, 3.05) is 13.1 Å². The Morgan fingerprint density at radius 2 is 2.04 bits per heavy atom. The van der Waals surface area contributed by atoms with Gasteiger partial charge in [-0.15, -0.1) is 17.9 Å². The fourth-order valence-corrected chi connectivity index (χ4v) is 3.79. The van der Waals surface area contributed by atoms with Crippen LogP contribution in [0.25, 0.3) is 15.9 Å². The zero-order chi connectivity index (χ0) is 18.9. The van der Waals surface area contributed by atoms with Crippen LogP contribution in [0.5, 0.6) is 0 Å². The summed E-state index contributed by atoms with van der Waals surface area (Å²) in [5.41, 5.74) is 1.54. The van der Waals surface area contributed by atoms with Crippen LogP contribution in [0, 0.1) is 6.92 Å². The van der Waals surface area contributed by atoms with Crippen molar-refractivity contribution in [3.05, 3.63) is 59.6 Å². The van der Waals surface area contributed by atoms with E-state index >= 15 is 0 Å². The summed E-state index contributed by atoms with van der Waals surface area (Å²) in [7, 11) is 0. The highest BCUT2D eigenvalue weighted by Crippen LogP contribution is 2.31. The lowest BCUT2D eigenvalue weighted by Crippen LogP contribution is -2.38. The molecule has 8 heteroatoms. The summed E-state index contributed by atoms with van der Waals surface area (Å²) in [5, 5.41) is 5.22. The lowest BCUT2D eigenvalue weighted by atomic mass is 10.3. The predicted octanol–water partition coefficient (Wildman–Crippen LogP) is 4.59. The second-order valence-electron chi connectivity index (χ2n) is 5.75. The summed E-state index contributed by atoms with van der Waals surface area (Å²) in [6, 6.07) is 11.0. The van der Waals surface area contributed by atoms with E-state index in [1.165, 1.54) is 6.08 Å². The number of carbonyl (C=O) groups is 1. The summed E-state index contributed by atoms with van der Waals surface area (Å²) in [6.45, 7) is 3.76. The highest BCUT2D eigenvalue weighted by Gasteiger charge is 2.33. The molecule has 0 radical (unpaired) electrons. The number of fused-ring (bicyclic) bond motifs is 1. The van der Waals surface area contributed by atoms with E-state index in [1.807, 2.05) is 30.3 Å². The van der Waals surface area contributed by atoms with Crippen molar-refractivity contribution < 1.29 is 18.0 Å². The fourth-order valence-electron chi connectivity index (χ4n) is 2.64. The molecule has 0 atom stereocenters. The fraction of sp³-hybridized carbons (Fsp3) is 0.222. The van der Waals surface area contributed by atoms with E-state index in [9.17, 15) is 18.0 Å². The number of carbonyl (C=O) groups excluding carboxylic acids is 1. The van der Waals surface area contributed by atoms with Crippen LogP contribution in [0.3, 0.4) is 0 Å². The van der Waals surface area contributed by atoms with E-state index in [4.69, 9.17) is 0 Å². The molecule has 0 N–H and O–H groups in total. The van der Waals surface area contributed by atoms with Gasteiger partial charge in [0.25, 0.3) is 5.91 Å². The van der Waals surface area contributed by atoms with Gasteiger partial charge in [0.05, 0.1) is 16.3 Å². The predicted molar refractivity (Wildman–Crippen MR) is 95.8 cm³/mol. The van der Waals surface area contributed by atoms with Gasteiger partial charge in [-0.2, -0.15) is 18.3 Å². The van der Waals surface area contributed by atoms with E-state index in [1.54, 1.807) is 17.7 Å². The van der Waals surface area contributed by atoms with Crippen LogP contribution < -0.4 is 0 Å². The molecule has 26 heavy (non-hydrogen) atoms. The van der Waals surface area contributed by atoms with Gasteiger partial charge in [-0.1, -0.05) is 24.3 Å². The smallest absolute Gasteiger partial charge is 0.325 e. The van der Waals surface area contributed by atoms with Crippen molar-refractivity contribution in [1.82, 2.24) is 14.7 Å². The number of nitrogens with zero attached hydrogens (tertiary/aromatic N) is 3. The van der Waals surface area contributed by atoms with Gasteiger partial charge in [0.15, 0.2) is 0 Å². The molecule has 4 nitrogen and oxygen atoms in total. The first kappa shape index (κ1) is 18.2. The van der Waals surface area contributed by atoms with Crippen LogP contribution in [-0.4, -0.2) is 39.9 Å². The Kier molecular flexibility index (Phi) is 4.86. The Bertz CT molecular complexity index is 944. The Labute approximate surface area is 152 Å². The Balaban J connectivity index is 2.00. The second-order valence-corrected chi connectivity index (χ2v) is 6.78. The van der Waals surface area contributed by atoms with E-state index in [-0.39, 0.29) is 11.4 Å². The third kappa shape index (κ3) is 3.65. The van der Waals surface area contributed by atoms with Crippen molar-refractivity contribution in [2.45, 2.75) is 13.1 Å². The SMILES string of the molecule is C=CCN(CC(F)(F)F)C(=O)c1cc2c(C)nn(-c3ccccc3)c2s1. The van der Waals surface area contributed by atoms with Crippen molar-refractivity contribution in [2.24, 2.45) is 0 Å². The van der Waals surface area contributed by atoms with Crippen molar-refractivity contribution in [1.29, 1.82) is 0 Å². The minimum atomic E-state index is -4.47. The molecular formula is C18H16F3N3OS. The maximum absolute atomic E-state index is 12.8. The molecule has 2 heterocycles. The molecule has 0 bridgehead atoms. The number of thiophene rings is 1. The summed E-state index contributed by atoms with van der Waals surface area (Å²) in [5.74, 6) is -0.664. The monoisotopic (exact) mass is 379 g/mol. The van der Waals surface area contributed by atoms with E-state index in [2.05, 4.69) is 11.7 Å². The van der Waals surface area contributed by atoms with Crippen molar-refractivity contribution in [3.63, 3.8) is 0 Å². The van der Waals surface area contributed by atoms with Gasteiger partial charge in [0, 0.05) is 11.9 Å². The molecule has 0 spiro atoms. The van der Waals surface area contributed by atoms with Gasteiger partial charge in [-0.05, 0) is 25.1 Å². The molecule has 3 aromatic rings. The number of aromatic nitrogens is 2. The third-order valence-electron chi connectivity index (χ3n) is 3.76. The van der Waals surface area contributed by atoms with Gasteiger partial charge in [-0.25, -0.2) is 4.68 Å². The number of amides is 1. The van der Waals surface area contributed by atoms with Gasteiger partial charge >= 0.3 is 6.18 Å². The molecule has 0 saturated carbocycles. The number of halogens is 3. The zero-order valence-corrected chi connectivity index (χ0v) is 14.8. The standard InChI is InChI=1S/C18H16F3N3OS/c1-3-9-23(11-18(19,20)21)16(25)15-10-14-12(2)22-24(17(14)26-15)13-7-5-4-6-8-13/h3-8,10H,1,9,11H2,2H3. The molecule has 3 rings (SSSR count). The maximum Gasteiger partial charge on any atom is 0.406 e. The minimum Gasteiger partial charge on any atom is -0.325 e. The zero-order valence-electron chi connectivity index (χ0n) is 14.0. The van der Waals surface area contributed by atoms with Gasteiger partial charge in [0.2, 0.25) is 0 Å². The van der Waals surface area contributed by atoms with Gasteiger partial charge in [-0.3, -0.25) is 4.79 Å². The average molecular weight is 379 g/mol. The molecular weight excluding hydrogens is 363 g/mol. The quantitative estimate of drug-likeness (QED) is 0.609. The topological polar surface area (TPSA) is 38.1 Å². The largest absolute Gasteiger partial charge is 0.406 e. The van der Waals surface area contributed by atoms with Gasteiger partial charge in [0.1, 0.15) is 11.4 Å². The molecule has 0 aliphatic heterocycles. The highest BCUT2D eigenvalue weighted by atomic mass is 32.1. The molecule has 0 aliphatic carbocycles. The third-order valence-corrected chi connectivity index (χ3v) is 4.86. The number of aryl methyl sites for hydroxylation is 1. The Hall–Kier alpha value is -2.61. The molecule has 0 unspecified atom stereocenters. The van der Waals surface area contributed by atoms with Crippen LogP contribution >= 0.6 is 11.3 Å². The normalized spacial score (nSPS) is 11.7. The lowest BCUT2D eigenvalue weighted by Gasteiger charge is -2.21. The Morgan fingerprint density at radius 1 is 1.35 bits per heavy atom. The van der Waals surface area contributed by atoms with Gasteiger partial charge < -0.3 is 4.90 Å². The molecule has 0 saturated heterocycles. The minimum absolute atomic E-state index is 0.170. The molecule has 2 aromatic heterocycles. The molecule has 1 aromatic carbocycles. The van der Waals surface area contributed by atoms with E-state index in [0.717, 1.165) is 32.1 Å². The second kappa shape index (κ2) is 6.95. The Morgan fingerprint density at radius 3 is 2.65 bits per heavy atom. The summed E-state index contributed by atoms with van der Waals surface area (Å²) in [4.78, 5) is 14.3. The molecule has 1 amide bonds. The number of alkyl halides is 3. The average Bonchev–Trinajstić information content (AvgIpc) is 3.14. The summed E-state index contributed by atoms with van der Waals surface area (Å²) >= 11 is 1.14. The molecule has 0 fully saturated rings. The first-order valence-electron chi connectivity index (χ1n) is 7.81. The summed E-state index contributed by atoms with van der Waals surface area (Å²) in [6.07, 6.45) is -3.18. The van der Waals surface area contributed by atoms with Crippen LogP contribution in [0.15, 0.2) is 49.1 Å². The van der Waals surface area contributed by atoms with E-state index < -0.39 is 18.6 Å². The van der Waals surface area contributed by atoms with Crippen LogP contribution in [0.1, 0.15) is 15.4 Å². The summed E-state index contributed by atoms with van der Waals surface area (Å²) < 4.78 is 40.0. The van der Waals surface area contributed by atoms with Crippen LogP contribution in [-0.2, 0) is 0 Å². The first-order valence-corrected chi connectivity index (χ1v) is 8.63. The number of para-hydroxylation sites is 1. The molecule has 136 valence electrons. The van der Waals surface area contributed by atoms with Crippen LogP contribution in [0.4, 0.5) is 13.2 Å². The number of benzene rings is 1. The van der Waals surface area contributed by atoms with Crippen molar-refractivity contribution in [3.8, 4) is 5.69 Å². The van der Waals surface area contributed by atoms with E-state index in [0.29, 0.717) is 5.69 Å². The highest BCUT2D eigenvalue weighted by molar-refractivity contribution is 7.20.